The molecule has 0 heterocycles. The first-order valence-electron chi connectivity index (χ1n) is 4.66. The third-order valence-electron chi connectivity index (χ3n) is 2.23. The maximum Gasteiger partial charge on any atom is 0.148 e. The topological polar surface area (TPSA) is 35.2 Å². The third kappa shape index (κ3) is 1.72. The van der Waals surface area contributed by atoms with Gasteiger partial charge in [-0.1, -0.05) is 30.2 Å². The van der Waals surface area contributed by atoms with Crippen LogP contribution in [0.2, 0.25) is 0 Å². The van der Waals surface area contributed by atoms with E-state index in [2.05, 4.69) is 5.92 Å². The van der Waals surface area contributed by atoms with Gasteiger partial charge in [-0.2, -0.15) is 0 Å². The van der Waals surface area contributed by atoms with Crippen LogP contribution >= 0.6 is 0 Å². The SMILES string of the molecule is C#CCOc1ccc(N)c2ccccc12. The van der Waals surface area contributed by atoms with Crippen molar-refractivity contribution in [2.75, 3.05) is 12.3 Å². The van der Waals surface area contributed by atoms with Gasteiger partial charge in [-0.05, 0) is 12.1 Å². The van der Waals surface area contributed by atoms with E-state index in [1.165, 1.54) is 0 Å². The van der Waals surface area contributed by atoms with Crippen molar-refractivity contribution in [1.82, 2.24) is 0 Å². The molecule has 0 aliphatic rings. The van der Waals surface area contributed by atoms with Gasteiger partial charge in [-0.15, -0.1) is 6.42 Å². The monoisotopic (exact) mass is 197 g/mol. The van der Waals surface area contributed by atoms with Gasteiger partial charge in [0.05, 0.1) is 0 Å². The molecule has 0 bridgehead atoms. The molecule has 0 unspecified atom stereocenters. The normalized spacial score (nSPS) is 9.80. The van der Waals surface area contributed by atoms with E-state index in [9.17, 15) is 0 Å². The molecule has 0 atom stereocenters. The number of fused-ring (bicyclic) bond motifs is 1. The van der Waals surface area contributed by atoms with Crippen LogP contribution in [0.25, 0.3) is 10.8 Å². The van der Waals surface area contributed by atoms with E-state index >= 15 is 0 Å². The van der Waals surface area contributed by atoms with E-state index < -0.39 is 0 Å². The zero-order valence-corrected chi connectivity index (χ0v) is 8.23. The van der Waals surface area contributed by atoms with Crippen molar-refractivity contribution in [1.29, 1.82) is 0 Å². The molecule has 2 rings (SSSR count). The van der Waals surface area contributed by atoms with E-state index in [-0.39, 0.29) is 6.61 Å². The van der Waals surface area contributed by atoms with Crippen molar-refractivity contribution in [2.45, 2.75) is 0 Å². The number of hydrogen-bond donors (Lipinski definition) is 1. The molecule has 0 aromatic heterocycles. The Morgan fingerprint density at radius 2 is 1.87 bits per heavy atom. The van der Waals surface area contributed by atoms with E-state index in [0.717, 1.165) is 22.2 Å². The fourth-order valence-electron chi connectivity index (χ4n) is 1.54. The average Bonchev–Trinajstić information content (AvgIpc) is 2.29. The minimum absolute atomic E-state index is 0.272. The summed E-state index contributed by atoms with van der Waals surface area (Å²) >= 11 is 0. The quantitative estimate of drug-likeness (QED) is 0.592. The number of rotatable bonds is 2. The molecule has 0 spiro atoms. The molecule has 2 heteroatoms. The molecule has 0 fully saturated rings. The van der Waals surface area contributed by atoms with Crippen molar-refractivity contribution in [3.05, 3.63) is 36.4 Å². The van der Waals surface area contributed by atoms with Gasteiger partial charge in [0.2, 0.25) is 0 Å². The molecule has 15 heavy (non-hydrogen) atoms. The molecule has 2 aromatic carbocycles. The fourth-order valence-corrected chi connectivity index (χ4v) is 1.54. The van der Waals surface area contributed by atoms with Gasteiger partial charge in [0.25, 0.3) is 0 Å². The second-order valence-corrected chi connectivity index (χ2v) is 3.19. The third-order valence-corrected chi connectivity index (χ3v) is 2.23. The number of nitrogen functional groups attached to an aromatic ring is 1. The lowest BCUT2D eigenvalue weighted by atomic mass is 10.1. The predicted molar refractivity (Wildman–Crippen MR) is 62.7 cm³/mol. The lowest BCUT2D eigenvalue weighted by Gasteiger charge is -2.08. The van der Waals surface area contributed by atoms with Gasteiger partial charge in [0, 0.05) is 16.5 Å². The maximum atomic E-state index is 5.86. The van der Waals surface area contributed by atoms with Crippen molar-refractivity contribution in [3.63, 3.8) is 0 Å². The number of ether oxygens (including phenoxy) is 1. The first-order valence-corrected chi connectivity index (χ1v) is 4.66. The summed E-state index contributed by atoms with van der Waals surface area (Å²) in [5.74, 6) is 3.22. The van der Waals surface area contributed by atoms with Gasteiger partial charge >= 0.3 is 0 Å². The lowest BCUT2D eigenvalue weighted by Crippen LogP contribution is -1.95. The summed E-state index contributed by atoms with van der Waals surface area (Å²) in [7, 11) is 0. The Hall–Kier alpha value is -2.14. The first kappa shape index (κ1) is 9.42. The van der Waals surface area contributed by atoms with Crippen molar-refractivity contribution in [3.8, 4) is 18.1 Å². The molecule has 2 N–H and O–H groups in total. The van der Waals surface area contributed by atoms with Gasteiger partial charge in [-0.25, -0.2) is 0 Å². The zero-order chi connectivity index (χ0) is 10.7. The largest absolute Gasteiger partial charge is 0.480 e. The number of benzene rings is 2. The van der Waals surface area contributed by atoms with E-state index in [4.69, 9.17) is 16.9 Å². The van der Waals surface area contributed by atoms with Crippen molar-refractivity contribution >= 4 is 16.5 Å². The Morgan fingerprint density at radius 1 is 1.13 bits per heavy atom. The van der Waals surface area contributed by atoms with Crippen LogP contribution in [0.3, 0.4) is 0 Å². The zero-order valence-electron chi connectivity index (χ0n) is 8.23. The van der Waals surface area contributed by atoms with Crippen LogP contribution in [-0.4, -0.2) is 6.61 Å². The molecule has 2 nitrogen and oxygen atoms in total. The number of hydrogen-bond acceptors (Lipinski definition) is 2. The highest BCUT2D eigenvalue weighted by Gasteiger charge is 2.03. The van der Waals surface area contributed by atoms with Crippen LogP contribution < -0.4 is 10.5 Å². The van der Waals surface area contributed by atoms with Gasteiger partial charge < -0.3 is 10.5 Å². The first-order chi connectivity index (χ1) is 7.33. The smallest absolute Gasteiger partial charge is 0.148 e. The molecule has 0 radical (unpaired) electrons. The molecular formula is C13H11NO. The molecule has 0 aliphatic carbocycles. The molecule has 0 saturated heterocycles. The van der Waals surface area contributed by atoms with Crippen molar-refractivity contribution < 1.29 is 4.74 Å². The Balaban J connectivity index is 2.57. The van der Waals surface area contributed by atoms with Crippen LogP contribution in [0, 0.1) is 12.3 Å². The van der Waals surface area contributed by atoms with Gasteiger partial charge in [0.15, 0.2) is 0 Å². The maximum absolute atomic E-state index is 5.86. The number of anilines is 1. The molecule has 2 aromatic rings. The lowest BCUT2D eigenvalue weighted by molar-refractivity contribution is 0.375. The summed E-state index contributed by atoms with van der Waals surface area (Å²) in [6.07, 6.45) is 5.15. The average molecular weight is 197 g/mol. The highest BCUT2D eigenvalue weighted by Crippen LogP contribution is 2.29. The number of nitrogens with two attached hydrogens (primary N) is 1. The minimum atomic E-state index is 0.272. The Bertz CT molecular complexity index is 526. The molecule has 0 aliphatic heterocycles. The van der Waals surface area contributed by atoms with Crippen LogP contribution in [-0.2, 0) is 0 Å². The molecule has 0 amide bonds. The summed E-state index contributed by atoms with van der Waals surface area (Å²) in [5, 5.41) is 1.99. The highest BCUT2D eigenvalue weighted by atomic mass is 16.5. The highest BCUT2D eigenvalue weighted by molar-refractivity contribution is 5.96. The summed E-state index contributed by atoms with van der Waals surface area (Å²) in [6, 6.07) is 11.5. The van der Waals surface area contributed by atoms with E-state index in [1.807, 2.05) is 36.4 Å². The van der Waals surface area contributed by atoms with Crippen LogP contribution in [0.5, 0.6) is 5.75 Å². The molecular weight excluding hydrogens is 186 g/mol. The predicted octanol–water partition coefficient (Wildman–Crippen LogP) is 2.43. The minimum Gasteiger partial charge on any atom is -0.480 e. The van der Waals surface area contributed by atoms with Gasteiger partial charge in [0.1, 0.15) is 12.4 Å². The van der Waals surface area contributed by atoms with Crippen LogP contribution in [0.4, 0.5) is 5.69 Å². The van der Waals surface area contributed by atoms with Crippen LogP contribution in [0.1, 0.15) is 0 Å². The summed E-state index contributed by atoms with van der Waals surface area (Å²) in [5.41, 5.74) is 6.61. The van der Waals surface area contributed by atoms with Crippen molar-refractivity contribution in [2.24, 2.45) is 0 Å². The van der Waals surface area contributed by atoms with Crippen LogP contribution in [0.15, 0.2) is 36.4 Å². The second kappa shape index (κ2) is 3.93. The van der Waals surface area contributed by atoms with E-state index in [0.29, 0.717) is 0 Å². The standard InChI is InChI=1S/C13H11NO/c1-2-9-15-13-8-7-12(14)10-5-3-4-6-11(10)13/h1,3-8H,9,14H2. The summed E-state index contributed by atoms with van der Waals surface area (Å²) < 4.78 is 5.43. The Morgan fingerprint density at radius 3 is 2.60 bits per heavy atom. The number of terminal acetylenes is 1. The summed E-state index contributed by atoms with van der Waals surface area (Å²) in [6.45, 7) is 0.272. The second-order valence-electron chi connectivity index (χ2n) is 3.19. The Kier molecular flexibility index (Phi) is 2.47. The molecule has 74 valence electrons. The fraction of sp³-hybridized carbons (Fsp3) is 0.0769. The molecule has 0 saturated carbocycles. The van der Waals surface area contributed by atoms with Gasteiger partial charge in [-0.3, -0.25) is 0 Å². The Labute approximate surface area is 88.7 Å². The summed E-state index contributed by atoms with van der Waals surface area (Å²) in [4.78, 5) is 0. The van der Waals surface area contributed by atoms with E-state index in [1.54, 1.807) is 0 Å².